The molecule has 2 heteroatoms. The van der Waals surface area contributed by atoms with Crippen LogP contribution >= 0.6 is 11.8 Å². The second-order valence-electron chi connectivity index (χ2n) is 3.42. The minimum absolute atomic E-state index is 0.227. The molecule has 0 unspecified atom stereocenters. The van der Waals surface area contributed by atoms with Gasteiger partial charge in [-0.25, -0.2) is 0 Å². The van der Waals surface area contributed by atoms with Crippen LogP contribution in [0.15, 0.2) is 23.1 Å². The molecule has 1 aromatic carbocycles. The summed E-state index contributed by atoms with van der Waals surface area (Å²) in [4.78, 5) is 12.3. The number of carbonyl (C=O) groups excluding carboxylic acids is 1. The molecule has 14 heavy (non-hydrogen) atoms. The molecular weight excluding hydrogens is 192 g/mol. The van der Waals surface area contributed by atoms with Gasteiger partial charge in [-0.1, -0.05) is 13.0 Å². The number of hydrogen-bond donors (Lipinski definition) is 0. The Bertz CT molecular complexity index is 309. The fraction of sp³-hybridized carbons (Fsp3) is 0.417. The van der Waals surface area contributed by atoms with Gasteiger partial charge in [-0.15, -0.1) is 11.8 Å². The number of thioether (sulfide) groups is 1. The summed E-state index contributed by atoms with van der Waals surface area (Å²) in [6, 6.07) is 6.42. The lowest BCUT2D eigenvalue weighted by molar-refractivity contribution is -0.116. The van der Waals surface area contributed by atoms with Crippen LogP contribution in [-0.2, 0) is 17.6 Å². The van der Waals surface area contributed by atoms with E-state index in [0.29, 0.717) is 6.42 Å². The monoisotopic (exact) mass is 208 g/mol. The molecule has 1 aromatic rings. The van der Waals surface area contributed by atoms with Crippen molar-refractivity contribution in [1.82, 2.24) is 0 Å². The minimum atomic E-state index is 0.227. The van der Waals surface area contributed by atoms with Crippen LogP contribution in [0.3, 0.4) is 0 Å². The molecule has 0 atom stereocenters. The smallest absolute Gasteiger partial charge is 0.134 e. The molecule has 0 aliphatic rings. The molecule has 0 bridgehead atoms. The highest BCUT2D eigenvalue weighted by Gasteiger charge is 2.01. The maximum atomic E-state index is 11.0. The highest BCUT2D eigenvalue weighted by Crippen LogP contribution is 2.19. The van der Waals surface area contributed by atoms with E-state index in [2.05, 4.69) is 31.4 Å². The van der Waals surface area contributed by atoms with Crippen LogP contribution in [0.5, 0.6) is 0 Å². The SMILES string of the molecule is CCc1cc(CC(C)=O)cc(SC)c1. The van der Waals surface area contributed by atoms with Crippen molar-refractivity contribution in [2.24, 2.45) is 0 Å². The zero-order valence-corrected chi connectivity index (χ0v) is 9.78. The molecule has 0 aliphatic heterocycles. The Morgan fingerprint density at radius 2 is 1.93 bits per heavy atom. The van der Waals surface area contributed by atoms with Gasteiger partial charge in [0.2, 0.25) is 0 Å². The van der Waals surface area contributed by atoms with E-state index in [1.807, 2.05) is 0 Å². The molecule has 0 aliphatic carbocycles. The fourth-order valence-corrected chi connectivity index (χ4v) is 1.98. The lowest BCUT2D eigenvalue weighted by Crippen LogP contribution is -1.97. The molecule has 0 radical (unpaired) electrons. The number of carbonyl (C=O) groups is 1. The van der Waals surface area contributed by atoms with Crippen LogP contribution in [0.1, 0.15) is 25.0 Å². The summed E-state index contributed by atoms with van der Waals surface area (Å²) in [5.41, 5.74) is 2.45. The van der Waals surface area contributed by atoms with Crippen molar-refractivity contribution in [2.45, 2.75) is 31.6 Å². The third-order valence-corrected chi connectivity index (χ3v) is 2.83. The molecule has 1 rings (SSSR count). The third kappa shape index (κ3) is 3.18. The van der Waals surface area contributed by atoms with Crippen LogP contribution in [0.4, 0.5) is 0 Å². The molecule has 76 valence electrons. The summed E-state index contributed by atoms with van der Waals surface area (Å²) < 4.78 is 0. The maximum Gasteiger partial charge on any atom is 0.134 e. The first-order valence-corrected chi connectivity index (χ1v) is 6.04. The Labute approximate surface area is 89.9 Å². The number of Topliss-reactive ketones (excluding diaryl/α,β-unsaturated/α-hetero) is 1. The van der Waals surface area contributed by atoms with E-state index in [4.69, 9.17) is 0 Å². The summed E-state index contributed by atoms with van der Waals surface area (Å²) in [5, 5.41) is 0. The van der Waals surface area contributed by atoms with Crippen LogP contribution in [0, 0.1) is 0 Å². The maximum absolute atomic E-state index is 11.0. The Morgan fingerprint density at radius 3 is 2.43 bits per heavy atom. The van der Waals surface area contributed by atoms with Gasteiger partial charge in [0.05, 0.1) is 0 Å². The largest absolute Gasteiger partial charge is 0.300 e. The van der Waals surface area contributed by atoms with Crippen molar-refractivity contribution in [2.75, 3.05) is 6.26 Å². The zero-order chi connectivity index (χ0) is 10.6. The van der Waals surface area contributed by atoms with E-state index in [-0.39, 0.29) is 5.78 Å². The second kappa shape index (κ2) is 5.20. The van der Waals surface area contributed by atoms with Crippen LogP contribution < -0.4 is 0 Å². The van der Waals surface area contributed by atoms with E-state index in [0.717, 1.165) is 12.0 Å². The van der Waals surface area contributed by atoms with Crippen LogP contribution in [0.2, 0.25) is 0 Å². The van der Waals surface area contributed by atoms with Gasteiger partial charge >= 0.3 is 0 Å². The minimum Gasteiger partial charge on any atom is -0.300 e. The van der Waals surface area contributed by atoms with Gasteiger partial charge in [0, 0.05) is 11.3 Å². The molecule has 0 fully saturated rings. The van der Waals surface area contributed by atoms with E-state index in [9.17, 15) is 4.79 Å². The number of ketones is 1. The average molecular weight is 208 g/mol. The standard InChI is InChI=1S/C12H16OS/c1-4-10-6-11(5-9(2)13)8-12(7-10)14-3/h6-8H,4-5H2,1-3H3. The zero-order valence-electron chi connectivity index (χ0n) is 8.96. The Hall–Kier alpha value is -0.760. The van der Waals surface area contributed by atoms with Crippen molar-refractivity contribution >= 4 is 17.5 Å². The number of rotatable bonds is 4. The first-order valence-electron chi connectivity index (χ1n) is 4.82. The molecule has 0 heterocycles. The lowest BCUT2D eigenvalue weighted by atomic mass is 10.1. The molecule has 0 saturated carbocycles. The van der Waals surface area contributed by atoms with E-state index >= 15 is 0 Å². The summed E-state index contributed by atoms with van der Waals surface area (Å²) in [6.07, 6.45) is 3.65. The van der Waals surface area contributed by atoms with Crippen molar-refractivity contribution in [3.63, 3.8) is 0 Å². The van der Waals surface area contributed by atoms with Gasteiger partial charge in [-0.05, 0) is 42.9 Å². The van der Waals surface area contributed by atoms with Gasteiger partial charge in [0.1, 0.15) is 5.78 Å². The Morgan fingerprint density at radius 1 is 1.29 bits per heavy atom. The van der Waals surface area contributed by atoms with Crippen molar-refractivity contribution in [3.05, 3.63) is 29.3 Å². The fourth-order valence-electron chi connectivity index (χ4n) is 1.44. The van der Waals surface area contributed by atoms with Crippen LogP contribution in [0.25, 0.3) is 0 Å². The van der Waals surface area contributed by atoms with E-state index in [1.165, 1.54) is 10.5 Å². The molecule has 0 N–H and O–H groups in total. The molecule has 0 spiro atoms. The van der Waals surface area contributed by atoms with Crippen molar-refractivity contribution < 1.29 is 4.79 Å². The highest BCUT2D eigenvalue weighted by molar-refractivity contribution is 7.98. The van der Waals surface area contributed by atoms with Crippen molar-refractivity contribution in [1.29, 1.82) is 0 Å². The normalized spacial score (nSPS) is 10.2. The Kier molecular flexibility index (Phi) is 4.21. The summed E-state index contributed by atoms with van der Waals surface area (Å²) in [5.74, 6) is 0.227. The average Bonchev–Trinajstić information content (AvgIpc) is 2.16. The number of benzene rings is 1. The van der Waals surface area contributed by atoms with Gasteiger partial charge in [-0.2, -0.15) is 0 Å². The molecule has 1 nitrogen and oxygen atoms in total. The molecular formula is C12H16OS. The third-order valence-electron chi connectivity index (χ3n) is 2.12. The highest BCUT2D eigenvalue weighted by atomic mass is 32.2. The first kappa shape index (κ1) is 11.3. The lowest BCUT2D eigenvalue weighted by Gasteiger charge is -2.05. The van der Waals surface area contributed by atoms with Gasteiger partial charge in [0.25, 0.3) is 0 Å². The predicted octanol–water partition coefficient (Wildman–Crippen LogP) is 3.10. The van der Waals surface area contributed by atoms with Crippen LogP contribution in [-0.4, -0.2) is 12.0 Å². The van der Waals surface area contributed by atoms with Gasteiger partial charge in [0.15, 0.2) is 0 Å². The predicted molar refractivity (Wildman–Crippen MR) is 62.0 cm³/mol. The first-order chi connectivity index (χ1) is 6.65. The Balaban J connectivity index is 2.98. The quantitative estimate of drug-likeness (QED) is 0.707. The summed E-state index contributed by atoms with van der Waals surface area (Å²) in [7, 11) is 0. The van der Waals surface area contributed by atoms with E-state index < -0.39 is 0 Å². The number of hydrogen-bond acceptors (Lipinski definition) is 2. The summed E-state index contributed by atoms with van der Waals surface area (Å²) >= 11 is 1.73. The van der Waals surface area contributed by atoms with Crippen molar-refractivity contribution in [3.8, 4) is 0 Å². The van der Waals surface area contributed by atoms with E-state index in [1.54, 1.807) is 18.7 Å². The topological polar surface area (TPSA) is 17.1 Å². The van der Waals surface area contributed by atoms with Gasteiger partial charge < -0.3 is 0 Å². The van der Waals surface area contributed by atoms with Gasteiger partial charge in [-0.3, -0.25) is 4.79 Å². The molecule has 0 amide bonds. The summed E-state index contributed by atoms with van der Waals surface area (Å²) in [6.45, 7) is 3.77. The molecule has 0 aromatic heterocycles. The molecule has 0 saturated heterocycles. The second-order valence-corrected chi connectivity index (χ2v) is 4.30. The number of aryl methyl sites for hydroxylation is 1.